The number of fused-ring (bicyclic) bond motifs is 5. The van der Waals surface area contributed by atoms with Crippen LogP contribution >= 0.6 is 0 Å². The van der Waals surface area contributed by atoms with Crippen LogP contribution in [0.1, 0.15) is 25.1 Å². The van der Waals surface area contributed by atoms with E-state index >= 15 is 0 Å². The van der Waals surface area contributed by atoms with Crippen molar-refractivity contribution in [3.63, 3.8) is 0 Å². The maximum Gasteiger partial charge on any atom is 0.170 e. The summed E-state index contributed by atoms with van der Waals surface area (Å²) in [6.45, 7) is 0.763. The highest BCUT2D eigenvalue weighted by molar-refractivity contribution is 5.30. The molecule has 3 saturated carbocycles. The summed E-state index contributed by atoms with van der Waals surface area (Å²) in [5.41, 5.74) is 1.02. The quantitative estimate of drug-likeness (QED) is 0.928. The lowest BCUT2D eigenvalue weighted by Gasteiger charge is -2.10. The second-order valence-corrected chi connectivity index (χ2v) is 6.74. The van der Waals surface area contributed by atoms with Crippen molar-refractivity contribution in [1.82, 2.24) is 25.5 Å². The minimum absolute atomic E-state index is 0.720. The van der Waals surface area contributed by atoms with Gasteiger partial charge in [-0.1, -0.05) is 18.2 Å². The molecule has 5 rings (SSSR count). The molecule has 5 heteroatoms. The number of rotatable bonds is 4. The largest absolute Gasteiger partial charge is 0.306 e. The van der Waals surface area contributed by atoms with E-state index in [1.165, 1.54) is 19.3 Å². The molecule has 108 valence electrons. The average molecular weight is 281 g/mol. The van der Waals surface area contributed by atoms with Gasteiger partial charge in [-0.2, -0.15) is 4.68 Å². The van der Waals surface area contributed by atoms with E-state index in [4.69, 9.17) is 0 Å². The molecule has 0 amide bonds. The molecule has 2 bridgehead atoms. The number of benzene rings is 1. The van der Waals surface area contributed by atoms with Crippen LogP contribution < -0.4 is 5.32 Å². The third-order valence-electron chi connectivity index (χ3n) is 5.77. The molecule has 1 heterocycles. The predicted molar refractivity (Wildman–Crippen MR) is 77.6 cm³/mol. The summed E-state index contributed by atoms with van der Waals surface area (Å²) in [6, 6.07) is 10.8. The Morgan fingerprint density at radius 3 is 2.62 bits per heavy atom. The van der Waals surface area contributed by atoms with E-state index in [9.17, 15) is 0 Å². The highest BCUT2D eigenvalue weighted by Crippen LogP contribution is 2.65. The Morgan fingerprint density at radius 1 is 1.10 bits per heavy atom. The fourth-order valence-electron chi connectivity index (χ4n) is 4.89. The van der Waals surface area contributed by atoms with Gasteiger partial charge in [-0.3, -0.25) is 0 Å². The van der Waals surface area contributed by atoms with Crippen LogP contribution in [0.5, 0.6) is 0 Å². The summed E-state index contributed by atoms with van der Waals surface area (Å²) in [5, 5.41) is 15.8. The van der Waals surface area contributed by atoms with Crippen molar-refractivity contribution in [2.75, 3.05) is 0 Å². The number of para-hydroxylation sites is 1. The van der Waals surface area contributed by atoms with Crippen LogP contribution in [-0.2, 0) is 6.54 Å². The Hall–Kier alpha value is -1.75. The maximum absolute atomic E-state index is 4.18. The second-order valence-electron chi connectivity index (χ2n) is 6.74. The normalized spacial score (nSPS) is 35.9. The zero-order valence-electron chi connectivity index (χ0n) is 11.9. The topological polar surface area (TPSA) is 55.6 Å². The summed E-state index contributed by atoms with van der Waals surface area (Å²) in [6.07, 6.45) is 4.42. The lowest BCUT2D eigenvalue weighted by Crippen LogP contribution is -2.24. The Kier molecular flexibility index (Phi) is 2.47. The molecule has 1 aromatic heterocycles. The minimum Gasteiger partial charge on any atom is -0.306 e. The lowest BCUT2D eigenvalue weighted by atomic mass is 10.0. The molecule has 0 spiro atoms. The number of hydrogen-bond acceptors (Lipinski definition) is 4. The van der Waals surface area contributed by atoms with Gasteiger partial charge in [0.05, 0.1) is 12.2 Å². The summed E-state index contributed by atoms with van der Waals surface area (Å²) >= 11 is 0. The Labute approximate surface area is 123 Å². The van der Waals surface area contributed by atoms with Crippen molar-refractivity contribution in [3.8, 4) is 5.69 Å². The fourth-order valence-corrected chi connectivity index (χ4v) is 4.89. The Morgan fingerprint density at radius 2 is 1.86 bits per heavy atom. The van der Waals surface area contributed by atoms with E-state index < -0.39 is 0 Å². The van der Waals surface area contributed by atoms with Crippen LogP contribution in [0.2, 0.25) is 0 Å². The van der Waals surface area contributed by atoms with Gasteiger partial charge in [0.2, 0.25) is 0 Å². The summed E-state index contributed by atoms with van der Waals surface area (Å²) in [5.74, 6) is 4.80. The SMILES string of the molecule is c1ccc(-n2nnnc2CNC2C3C4CCC(C4)C23)cc1. The predicted octanol–water partition coefficient (Wildman–Crippen LogP) is 1.80. The highest BCUT2D eigenvalue weighted by Gasteiger charge is 2.64. The van der Waals surface area contributed by atoms with Gasteiger partial charge in [-0.25, -0.2) is 0 Å². The molecular formula is C16H19N5. The molecule has 3 aliphatic carbocycles. The molecule has 21 heavy (non-hydrogen) atoms. The number of hydrogen-bond donors (Lipinski definition) is 1. The molecule has 5 nitrogen and oxygen atoms in total. The lowest BCUT2D eigenvalue weighted by molar-refractivity contribution is 0.456. The minimum atomic E-state index is 0.720. The molecule has 0 radical (unpaired) electrons. The van der Waals surface area contributed by atoms with Crippen LogP contribution in [0, 0.1) is 23.7 Å². The van der Waals surface area contributed by atoms with Crippen molar-refractivity contribution in [3.05, 3.63) is 36.2 Å². The first-order valence-corrected chi connectivity index (χ1v) is 7.98. The van der Waals surface area contributed by atoms with Crippen LogP contribution in [0.15, 0.2) is 30.3 Å². The highest BCUT2D eigenvalue weighted by atomic mass is 15.5. The van der Waals surface area contributed by atoms with E-state index in [2.05, 4.69) is 20.8 Å². The molecule has 0 aliphatic heterocycles. The van der Waals surface area contributed by atoms with E-state index in [0.717, 1.165) is 47.8 Å². The standard InChI is InChI=1S/C16H19N5/c1-2-4-12(5-3-1)21-13(18-19-20-21)9-17-16-14-10-6-7-11(8-10)15(14)16/h1-5,10-11,14-17H,6-9H2. The van der Waals surface area contributed by atoms with Crippen LogP contribution in [0.25, 0.3) is 5.69 Å². The third kappa shape index (κ3) is 1.77. The van der Waals surface area contributed by atoms with Crippen molar-refractivity contribution in [1.29, 1.82) is 0 Å². The Bertz CT molecular complexity index is 636. The number of nitrogens with one attached hydrogen (secondary N) is 1. The van der Waals surface area contributed by atoms with Crippen LogP contribution in [0.3, 0.4) is 0 Å². The third-order valence-corrected chi connectivity index (χ3v) is 5.77. The first-order chi connectivity index (χ1) is 10.4. The van der Waals surface area contributed by atoms with E-state index in [-0.39, 0.29) is 0 Å². The van der Waals surface area contributed by atoms with E-state index in [1.807, 2.05) is 35.0 Å². The van der Waals surface area contributed by atoms with Gasteiger partial charge in [0.1, 0.15) is 0 Å². The number of aromatic nitrogens is 4. The van der Waals surface area contributed by atoms with Gasteiger partial charge in [0, 0.05) is 6.04 Å². The van der Waals surface area contributed by atoms with Gasteiger partial charge in [0.25, 0.3) is 0 Å². The molecule has 3 fully saturated rings. The fraction of sp³-hybridized carbons (Fsp3) is 0.562. The summed E-state index contributed by atoms with van der Waals surface area (Å²) in [4.78, 5) is 0. The van der Waals surface area contributed by atoms with Crippen molar-refractivity contribution >= 4 is 0 Å². The zero-order valence-corrected chi connectivity index (χ0v) is 11.9. The number of nitrogens with zero attached hydrogens (tertiary/aromatic N) is 4. The van der Waals surface area contributed by atoms with Crippen molar-refractivity contribution < 1.29 is 0 Å². The summed E-state index contributed by atoms with van der Waals surface area (Å²) in [7, 11) is 0. The molecule has 1 N–H and O–H groups in total. The second kappa shape index (κ2) is 4.37. The van der Waals surface area contributed by atoms with Gasteiger partial charge in [-0.15, -0.1) is 5.10 Å². The van der Waals surface area contributed by atoms with Crippen LogP contribution in [0.4, 0.5) is 0 Å². The van der Waals surface area contributed by atoms with Crippen LogP contribution in [-0.4, -0.2) is 26.2 Å². The Balaban J connectivity index is 1.30. The number of tetrazole rings is 1. The molecule has 2 aromatic rings. The first-order valence-electron chi connectivity index (χ1n) is 7.98. The monoisotopic (exact) mass is 281 g/mol. The molecule has 4 unspecified atom stereocenters. The molecule has 0 saturated heterocycles. The van der Waals surface area contributed by atoms with E-state index in [1.54, 1.807) is 0 Å². The molecule has 4 atom stereocenters. The smallest absolute Gasteiger partial charge is 0.170 e. The van der Waals surface area contributed by atoms with Gasteiger partial charge in [-0.05, 0) is 65.5 Å². The summed E-state index contributed by atoms with van der Waals surface area (Å²) < 4.78 is 1.83. The average Bonchev–Trinajstić information content (AvgIpc) is 2.94. The van der Waals surface area contributed by atoms with Crippen molar-refractivity contribution in [2.24, 2.45) is 23.7 Å². The van der Waals surface area contributed by atoms with Crippen molar-refractivity contribution in [2.45, 2.75) is 31.8 Å². The van der Waals surface area contributed by atoms with Gasteiger partial charge < -0.3 is 5.32 Å². The van der Waals surface area contributed by atoms with Gasteiger partial charge in [0.15, 0.2) is 5.82 Å². The van der Waals surface area contributed by atoms with Gasteiger partial charge >= 0.3 is 0 Å². The maximum atomic E-state index is 4.18. The molecular weight excluding hydrogens is 262 g/mol. The zero-order chi connectivity index (χ0) is 13.8. The first kappa shape index (κ1) is 11.9. The molecule has 1 aromatic carbocycles. The van der Waals surface area contributed by atoms with E-state index in [0.29, 0.717) is 0 Å². The molecule has 3 aliphatic rings.